The van der Waals surface area contributed by atoms with Crippen LogP contribution in [0.15, 0.2) is 24.3 Å². The fourth-order valence-electron chi connectivity index (χ4n) is 4.13. The summed E-state index contributed by atoms with van der Waals surface area (Å²) in [7, 11) is 2.17. The van der Waals surface area contributed by atoms with Crippen LogP contribution in [0.4, 0.5) is 13.2 Å². The zero-order valence-electron chi connectivity index (χ0n) is 14.2. The number of benzene rings is 1. The van der Waals surface area contributed by atoms with E-state index in [1.54, 1.807) is 12.1 Å². The van der Waals surface area contributed by atoms with Crippen molar-refractivity contribution in [2.45, 2.75) is 37.5 Å². The summed E-state index contributed by atoms with van der Waals surface area (Å²) >= 11 is 0. The molecule has 2 fully saturated rings. The van der Waals surface area contributed by atoms with E-state index in [0.29, 0.717) is 12.1 Å². The van der Waals surface area contributed by atoms with Crippen LogP contribution in [0.2, 0.25) is 0 Å². The lowest BCUT2D eigenvalue weighted by atomic mass is 9.86. The highest BCUT2D eigenvalue weighted by molar-refractivity contribution is 5.29. The van der Waals surface area contributed by atoms with E-state index in [9.17, 15) is 13.2 Å². The van der Waals surface area contributed by atoms with Gasteiger partial charge in [0.05, 0.1) is 5.56 Å². The number of alkyl halides is 3. The van der Waals surface area contributed by atoms with Crippen LogP contribution in [-0.4, -0.2) is 55.1 Å². The van der Waals surface area contributed by atoms with Crippen LogP contribution >= 0.6 is 0 Å². The average Bonchev–Trinajstić information content (AvgIpc) is 2.68. The fraction of sp³-hybridized carbons (Fsp3) is 0.667. The normalized spacial score (nSPS) is 23.3. The summed E-state index contributed by atoms with van der Waals surface area (Å²) in [4.78, 5) is 4.66. The van der Waals surface area contributed by atoms with Gasteiger partial charge in [-0.25, -0.2) is 0 Å². The lowest BCUT2D eigenvalue weighted by molar-refractivity contribution is -0.138. The second-order valence-electron chi connectivity index (χ2n) is 7.12. The number of nitrogens with zero attached hydrogens (tertiary/aromatic N) is 2. The van der Waals surface area contributed by atoms with E-state index in [2.05, 4.69) is 22.2 Å². The van der Waals surface area contributed by atoms with E-state index >= 15 is 0 Å². The smallest absolute Gasteiger partial charge is 0.317 e. The highest BCUT2D eigenvalue weighted by Crippen LogP contribution is 2.34. The minimum Gasteiger partial charge on any atom is -0.317 e. The summed E-state index contributed by atoms with van der Waals surface area (Å²) < 4.78 is 39.8. The van der Waals surface area contributed by atoms with Gasteiger partial charge < -0.3 is 5.32 Å². The number of rotatable bonds is 2. The first-order valence-electron chi connectivity index (χ1n) is 8.70. The number of piperidine rings is 1. The number of hydrogen-bond donors (Lipinski definition) is 1. The van der Waals surface area contributed by atoms with Gasteiger partial charge in [-0.2, -0.15) is 13.2 Å². The Morgan fingerprint density at radius 1 is 1.12 bits per heavy atom. The minimum absolute atomic E-state index is 0.0922. The Bertz CT molecular complexity index is 553. The highest BCUT2D eigenvalue weighted by atomic mass is 19.4. The predicted molar refractivity (Wildman–Crippen MR) is 88.8 cm³/mol. The van der Waals surface area contributed by atoms with E-state index in [4.69, 9.17) is 0 Å². The van der Waals surface area contributed by atoms with Crippen LogP contribution in [0.25, 0.3) is 0 Å². The van der Waals surface area contributed by atoms with E-state index in [-0.39, 0.29) is 5.54 Å². The topological polar surface area (TPSA) is 18.5 Å². The highest BCUT2D eigenvalue weighted by Gasteiger charge is 2.40. The number of hydrogen-bond acceptors (Lipinski definition) is 3. The summed E-state index contributed by atoms with van der Waals surface area (Å²) in [5, 5.41) is 3.40. The van der Waals surface area contributed by atoms with Crippen LogP contribution in [-0.2, 0) is 12.7 Å². The van der Waals surface area contributed by atoms with Crippen molar-refractivity contribution in [3.63, 3.8) is 0 Å². The first kappa shape index (κ1) is 17.7. The Labute approximate surface area is 141 Å². The molecule has 0 amide bonds. The predicted octanol–water partition coefficient (Wildman–Crippen LogP) is 2.97. The van der Waals surface area contributed by atoms with Gasteiger partial charge in [0.1, 0.15) is 0 Å². The van der Waals surface area contributed by atoms with Gasteiger partial charge in [-0.3, -0.25) is 9.80 Å². The zero-order chi connectivity index (χ0) is 17.2. The van der Waals surface area contributed by atoms with E-state index in [1.807, 2.05) is 0 Å². The van der Waals surface area contributed by atoms with Crippen LogP contribution in [0.3, 0.4) is 0 Å². The van der Waals surface area contributed by atoms with Gasteiger partial charge in [-0.15, -0.1) is 0 Å². The molecule has 0 radical (unpaired) electrons. The first-order valence-corrected chi connectivity index (χ1v) is 8.70. The van der Waals surface area contributed by atoms with E-state index < -0.39 is 11.7 Å². The molecule has 0 bridgehead atoms. The molecular weight excluding hydrogens is 315 g/mol. The lowest BCUT2D eigenvalue weighted by Crippen LogP contribution is -2.57. The second kappa shape index (κ2) is 7.02. The Morgan fingerprint density at radius 3 is 2.54 bits per heavy atom. The number of nitrogens with one attached hydrogen (secondary N) is 1. The first-order chi connectivity index (χ1) is 11.4. The fourth-order valence-corrected chi connectivity index (χ4v) is 4.13. The van der Waals surface area contributed by atoms with Crippen molar-refractivity contribution in [3.8, 4) is 0 Å². The molecule has 1 N–H and O–H groups in total. The molecule has 1 aromatic carbocycles. The quantitative estimate of drug-likeness (QED) is 0.892. The van der Waals surface area contributed by atoms with Gasteiger partial charge in [0.25, 0.3) is 0 Å². The van der Waals surface area contributed by atoms with Crippen molar-refractivity contribution in [1.82, 2.24) is 15.1 Å². The maximum absolute atomic E-state index is 13.3. The van der Waals surface area contributed by atoms with Gasteiger partial charge in [-0.1, -0.05) is 18.2 Å². The third-order valence-corrected chi connectivity index (χ3v) is 5.55. The summed E-state index contributed by atoms with van der Waals surface area (Å²) in [5.74, 6) is 0. The van der Waals surface area contributed by atoms with Crippen molar-refractivity contribution >= 4 is 0 Å². The molecule has 1 aromatic rings. The summed E-state index contributed by atoms with van der Waals surface area (Å²) in [6.07, 6.45) is -1.17. The van der Waals surface area contributed by atoms with Crippen molar-refractivity contribution in [3.05, 3.63) is 35.4 Å². The van der Waals surface area contributed by atoms with E-state index in [1.165, 1.54) is 12.1 Å². The standard InChI is InChI=1S/C18H26F3N3/c1-23-11-4-12-24(14-17(23)7-9-22-10-8-17)13-15-5-2-3-6-16(15)18(19,20)21/h2-3,5-6,22H,4,7-14H2,1H3. The molecule has 0 aliphatic carbocycles. The molecule has 2 aliphatic heterocycles. The van der Waals surface area contributed by atoms with Gasteiger partial charge in [0, 0.05) is 18.6 Å². The molecule has 2 saturated heterocycles. The van der Waals surface area contributed by atoms with Gasteiger partial charge in [0.2, 0.25) is 0 Å². The van der Waals surface area contributed by atoms with E-state index in [0.717, 1.165) is 52.0 Å². The van der Waals surface area contributed by atoms with Crippen molar-refractivity contribution < 1.29 is 13.2 Å². The molecule has 2 aliphatic rings. The van der Waals surface area contributed by atoms with Gasteiger partial charge in [-0.05, 0) is 64.1 Å². The SMILES string of the molecule is CN1CCCN(Cc2ccccc2C(F)(F)F)CC12CCNCC2. The van der Waals surface area contributed by atoms with Crippen LogP contribution in [0.1, 0.15) is 30.4 Å². The van der Waals surface area contributed by atoms with Crippen LogP contribution in [0.5, 0.6) is 0 Å². The molecule has 0 aromatic heterocycles. The molecule has 3 rings (SSSR count). The van der Waals surface area contributed by atoms with Crippen molar-refractivity contribution in [1.29, 1.82) is 0 Å². The third kappa shape index (κ3) is 3.76. The van der Waals surface area contributed by atoms with Crippen molar-refractivity contribution in [2.75, 3.05) is 39.8 Å². The summed E-state index contributed by atoms with van der Waals surface area (Å²) in [6, 6.07) is 5.98. The Hall–Kier alpha value is -1.11. The maximum atomic E-state index is 13.3. The van der Waals surface area contributed by atoms with Crippen molar-refractivity contribution in [2.24, 2.45) is 0 Å². The second-order valence-corrected chi connectivity index (χ2v) is 7.12. The van der Waals surface area contributed by atoms with Crippen LogP contribution in [0, 0.1) is 0 Å². The lowest BCUT2D eigenvalue weighted by Gasteiger charge is -2.45. The summed E-state index contributed by atoms with van der Waals surface area (Å²) in [6.45, 7) is 5.05. The zero-order valence-corrected chi connectivity index (χ0v) is 14.2. The molecule has 6 heteroatoms. The molecule has 3 nitrogen and oxygen atoms in total. The largest absolute Gasteiger partial charge is 0.416 e. The number of halogens is 3. The molecule has 2 heterocycles. The number of likely N-dealkylation sites (N-methyl/N-ethyl adjacent to an activating group) is 1. The molecule has 0 unspecified atom stereocenters. The minimum atomic E-state index is -4.29. The molecule has 134 valence electrons. The molecule has 1 spiro atoms. The average molecular weight is 341 g/mol. The van der Waals surface area contributed by atoms with Gasteiger partial charge in [0.15, 0.2) is 0 Å². The Balaban J connectivity index is 1.80. The third-order valence-electron chi connectivity index (χ3n) is 5.55. The maximum Gasteiger partial charge on any atom is 0.416 e. The molecular formula is C18H26F3N3. The van der Waals surface area contributed by atoms with Crippen LogP contribution < -0.4 is 5.32 Å². The summed E-state index contributed by atoms with van der Waals surface area (Å²) in [5.41, 5.74) is -0.0184. The molecule has 0 saturated carbocycles. The monoisotopic (exact) mass is 341 g/mol. The molecule has 0 atom stereocenters. The Kier molecular flexibility index (Phi) is 5.18. The van der Waals surface area contributed by atoms with Gasteiger partial charge >= 0.3 is 6.18 Å². The Morgan fingerprint density at radius 2 is 1.83 bits per heavy atom. The molecule has 24 heavy (non-hydrogen) atoms.